The van der Waals surface area contributed by atoms with Gasteiger partial charge in [0.25, 0.3) is 0 Å². The van der Waals surface area contributed by atoms with Gasteiger partial charge in [-0.1, -0.05) is 32.0 Å². The summed E-state index contributed by atoms with van der Waals surface area (Å²) in [6.45, 7) is 4.20. The number of nitrogens with two attached hydrogens (primary N) is 1. The number of rotatable bonds is 7. The Balaban J connectivity index is 2.12. The lowest BCUT2D eigenvalue weighted by Crippen LogP contribution is -2.19. The molecule has 1 aromatic carbocycles. The molecule has 2 aromatic heterocycles. The first-order valence-corrected chi connectivity index (χ1v) is 10.0. The summed E-state index contributed by atoms with van der Waals surface area (Å²) in [5.41, 5.74) is 7.19. The monoisotopic (exact) mass is 386 g/mol. The molecule has 3 aromatic rings. The van der Waals surface area contributed by atoms with Crippen LogP contribution in [0.15, 0.2) is 59.9 Å². The molecule has 0 saturated heterocycles. The first kappa shape index (κ1) is 19.1. The van der Waals surface area contributed by atoms with E-state index < -0.39 is 10.1 Å². The fraction of sp³-hybridized carbons (Fsp3) is 0.263. The molecule has 8 heteroatoms. The molecule has 0 aliphatic carbocycles. The highest BCUT2D eigenvalue weighted by atomic mass is 32.2. The van der Waals surface area contributed by atoms with Gasteiger partial charge in [0.1, 0.15) is 11.6 Å². The lowest BCUT2D eigenvalue weighted by atomic mass is 10.1. The second kappa shape index (κ2) is 7.89. The van der Waals surface area contributed by atoms with Crippen molar-refractivity contribution < 1.29 is 12.6 Å². The molecule has 2 N–H and O–H groups in total. The molecule has 0 radical (unpaired) electrons. The average Bonchev–Trinajstić information content (AvgIpc) is 3.02. The number of benzene rings is 1. The Bertz CT molecular complexity index is 1000. The van der Waals surface area contributed by atoms with Crippen LogP contribution < -0.4 is 9.92 Å². The summed E-state index contributed by atoms with van der Waals surface area (Å²) in [5, 5.41) is 0.0404. The Morgan fingerprint density at radius 3 is 2.37 bits per heavy atom. The van der Waals surface area contributed by atoms with Gasteiger partial charge < -0.3 is 14.5 Å². The van der Waals surface area contributed by atoms with Crippen LogP contribution >= 0.6 is 0 Å². The first-order valence-electron chi connectivity index (χ1n) is 8.60. The van der Waals surface area contributed by atoms with Gasteiger partial charge in [-0.3, -0.25) is 4.98 Å². The van der Waals surface area contributed by atoms with Gasteiger partial charge in [-0.15, -0.1) is 0 Å². The summed E-state index contributed by atoms with van der Waals surface area (Å²) >= 11 is 0. The van der Waals surface area contributed by atoms with Gasteiger partial charge in [0.15, 0.2) is 5.03 Å². The molecular weight excluding hydrogens is 364 g/mol. The lowest BCUT2D eigenvalue weighted by Gasteiger charge is -2.14. The Kier molecular flexibility index (Phi) is 5.57. The van der Waals surface area contributed by atoms with Crippen molar-refractivity contribution in [3.05, 3.63) is 71.9 Å². The minimum atomic E-state index is -4.10. The van der Waals surface area contributed by atoms with Crippen molar-refractivity contribution in [2.75, 3.05) is 0 Å². The number of pyridine rings is 1. The van der Waals surface area contributed by atoms with Gasteiger partial charge in [-0.25, -0.2) is 4.98 Å². The van der Waals surface area contributed by atoms with E-state index in [9.17, 15) is 8.42 Å². The molecule has 0 aliphatic heterocycles. The highest BCUT2D eigenvalue weighted by molar-refractivity contribution is 7.87. The van der Waals surface area contributed by atoms with Crippen LogP contribution in [0.1, 0.15) is 36.8 Å². The average molecular weight is 386 g/mol. The van der Waals surface area contributed by atoms with Crippen molar-refractivity contribution in [2.24, 2.45) is 5.73 Å². The lowest BCUT2D eigenvalue weighted by molar-refractivity contribution is 0.471. The maximum atomic E-state index is 13.1. The number of hydrogen-bond donors (Lipinski definition) is 1. The number of para-hydroxylation sites is 1. The molecule has 3 rings (SSSR count). The predicted octanol–water partition coefficient (Wildman–Crippen LogP) is 2.68. The fourth-order valence-corrected chi connectivity index (χ4v) is 4.19. The van der Waals surface area contributed by atoms with Crippen molar-refractivity contribution in [1.82, 2.24) is 14.5 Å². The minimum absolute atomic E-state index is 0.0404. The fourth-order valence-electron chi connectivity index (χ4n) is 2.77. The Morgan fingerprint density at radius 2 is 1.78 bits per heavy atom. The summed E-state index contributed by atoms with van der Waals surface area (Å²) in [4.78, 5) is 8.49. The van der Waals surface area contributed by atoms with Crippen molar-refractivity contribution in [1.29, 1.82) is 0 Å². The molecule has 0 spiro atoms. The second-order valence-corrected chi connectivity index (χ2v) is 7.83. The molecule has 0 bridgehead atoms. The zero-order valence-electron chi connectivity index (χ0n) is 15.2. The number of imidazole rings is 1. The standard InChI is InChI=1S/C19H22N4O3S/c1-14(2)18-19(27(24,25)26-16-6-4-3-5-7-16)23(17(12-20)22-18)13-15-8-10-21-11-9-15/h3-11,14H,12-13,20H2,1-2H3. The van der Waals surface area contributed by atoms with Crippen LogP contribution in [0.3, 0.4) is 0 Å². The van der Waals surface area contributed by atoms with Crippen molar-refractivity contribution in [3.8, 4) is 5.75 Å². The molecule has 0 unspecified atom stereocenters. The van der Waals surface area contributed by atoms with E-state index in [1.165, 1.54) is 0 Å². The van der Waals surface area contributed by atoms with E-state index in [0.717, 1.165) is 5.56 Å². The van der Waals surface area contributed by atoms with E-state index in [2.05, 4.69) is 9.97 Å². The normalized spacial score (nSPS) is 11.7. The smallest absolute Gasteiger partial charge is 0.357 e. The SMILES string of the molecule is CC(C)c1nc(CN)n(Cc2ccncc2)c1S(=O)(=O)Oc1ccccc1. The molecule has 0 fully saturated rings. The number of aromatic nitrogens is 3. The van der Waals surface area contributed by atoms with E-state index in [1.54, 1.807) is 47.3 Å². The third kappa shape index (κ3) is 4.17. The van der Waals surface area contributed by atoms with Crippen molar-refractivity contribution in [2.45, 2.75) is 37.9 Å². The van der Waals surface area contributed by atoms with Gasteiger partial charge in [0.05, 0.1) is 18.8 Å². The van der Waals surface area contributed by atoms with Crippen LogP contribution in [0.2, 0.25) is 0 Å². The van der Waals surface area contributed by atoms with E-state index >= 15 is 0 Å². The molecule has 0 saturated carbocycles. The molecule has 2 heterocycles. The van der Waals surface area contributed by atoms with Crippen LogP contribution in [0.4, 0.5) is 0 Å². The van der Waals surface area contributed by atoms with E-state index in [-0.39, 0.29) is 23.2 Å². The maximum Gasteiger partial charge on any atom is 0.357 e. The predicted molar refractivity (Wildman–Crippen MR) is 102 cm³/mol. The van der Waals surface area contributed by atoms with Crippen LogP contribution in [0, 0.1) is 0 Å². The molecule has 7 nitrogen and oxygen atoms in total. The Morgan fingerprint density at radius 1 is 1.11 bits per heavy atom. The number of hydrogen-bond acceptors (Lipinski definition) is 6. The van der Waals surface area contributed by atoms with Gasteiger partial charge in [-0.2, -0.15) is 8.42 Å². The van der Waals surface area contributed by atoms with Crippen molar-refractivity contribution >= 4 is 10.1 Å². The largest absolute Gasteiger partial charge is 0.378 e. The van der Waals surface area contributed by atoms with E-state index in [1.807, 2.05) is 26.0 Å². The van der Waals surface area contributed by atoms with Crippen molar-refractivity contribution in [3.63, 3.8) is 0 Å². The topological polar surface area (TPSA) is 100 Å². The zero-order chi connectivity index (χ0) is 19.4. The summed E-state index contributed by atoms with van der Waals surface area (Å²) in [6.07, 6.45) is 3.32. The van der Waals surface area contributed by atoms with Crippen LogP contribution in [0.25, 0.3) is 0 Å². The quantitative estimate of drug-likeness (QED) is 0.627. The van der Waals surface area contributed by atoms with E-state index in [0.29, 0.717) is 18.1 Å². The van der Waals surface area contributed by atoms with Gasteiger partial charge >= 0.3 is 10.1 Å². The first-order chi connectivity index (χ1) is 12.9. The molecule has 0 atom stereocenters. The van der Waals surface area contributed by atoms with E-state index in [4.69, 9.17) is 9.92 Å². The summed E-state index contributed by atoms with van der Waals surface area (Å²) in [5.74, 6) is 0.627. The molecule has 0 amide bonds. The third-order valence-corrected chi connectivity index (χ3v) is 5.35. The Hall–Kier alpha value is -2.71. The van der Waals surface area contributed by atoms with Crippen LogP contribution in [-0.4, -0.2) is 23.0 Å². The Labute approximate surface area is 159 Å². The maximum absolute atomic E-state index is 13.1. The second-order valence-electron chi connectivity index (χ2n) is 6.37. The van der Waals surface area contributed by atoms with Gasteiger partial charge in [-0.05, 0) is 35.7 Å². The minimum Gasteiger partial charge on any atom is -0.378 e. The highest BCUT2D eigenvalue weighted by Crippen LogP contribution is 2.28. The highest BCUT2D eigenvalue weighted by Gasteiger charge is 2.31. The molecule has 142 valence electrons. The molecule has 27 heavy (non-hydrogen) atoms. The summed E-state index contributed by atoms with van der Waals surface area (Å²) in [7, 11) is -4.10. The molecule has 0 aliphatic rings. The van der Waals surface area contributed by atoms with Gasteiger partial charge in [0, 0.05) is 12.4 Å². The van der Waals surface area contributed by atoms with Gasteiger partial charge in [0.2, 0.25) is 0 Å². The third-order valence-electron chi connectivity index (χ3n) is 4.03. The van der Waals surface area contributed by atoms with Crippen LogP contribution in [-0.2, 0) is 23.2 Å². The molecular formula is C19H22N4O3S. The summed E-state index contributed by atoms with van der Waals surface area (Å²) < 4.78 is 33.2. The zero-order valence-corrected chi connectivity index (χ0v) is 16.1. The van der Waals surface area contributed by atoms with Crippen LogP contribution in [0.5, 0.6) is 5.75 Å². The summed E-state index contributed by atoms with van der Waals surface area (Å²) in [6, 6.07) is 12.1. The number of nitrogens with zero attached hydrogens (tertiary/aromatic N) is 3.